The number of hydrogen-bond acceptors (Lipinski definition) is 2. The first kappa shape index (κ1) is 12.9. The molecule has 13 heavy (non-hydrogen) atoms. The minimum atomic E-state index is 0.335. The molecule has 0 spiro atoms. The zero-order valence-corrected chi connectivity index (χ0v) is 8.97. The lowest BCUT2D eigenvalue weighted by Crippen LogP contribution is -2.07. The second-order valence-corrected chi connectivity index (χ2v) is 3.80. The van der Waals surface area contributed by atoms with Crippen molar-refractivity contribution in [2.75, 3.05) is 13.2 Å². The molecule has 0 aliphatic carbocycles. The molecule has 3 N–H and O–H groups in total. The minimum Gasteiger partial charge on any atom is -0.396 e. The molecular weight excluding hydrogens is 162 g/mol. The molecule has 1 unspecified atom stereocenters. The summed E-state index contributed by atoms with van der Waals surface area (Å²) in [7, 11) is 0. The van der Waals surface area contributed by atoms with Gasteiger partial charge in [-0.05, 0) is 31.7 Å². The van der Waals surface area contributed by atoms with Gasteiger partial charge in [0, 0.05) is 6.61 Å². The summed E-state index contributed by atoms with van der Waals surface area (Å²) >= 11 is 0. The molecule has 0 radical (unpaired) electrons. The first-order valence-electron chi connectivity index (χ1n) is 5.66. The average Bonchev–Trinajstić information content (AvgIpc) is 2.14. The van der Waals surface area contributed by atoms with E-state index >= 15 is 0 Å². The van der Waals surface area contributed by atoms with E-state index in [0.717, 1.165) is 19.4 Å². The molecule has 0 heterocycles. The van der Waals surface area contributed by atoms with Gasteiger partial charge in [-0.2, -0.15) is 0 Å². The van der Waals surface area contributed by atoms with Gasteiger partial charge in [-0.25, -0.2) is 0 Å². The maximum Gasteiger partial charge on any atom is 0.0433 e. The van der Waals surface area contributed by atoms with E-state index < -0.39 is 0 Å². The van der Waals surface area contributed by atoms with Crippen molar-refractivity contribution in [3.8, 4) is 0 Å². The van der Waals surface area contributed by atoms with Gasteiger partial charge in [0.05, 0.1) is 0 Å². The molecule has 1 atom stereocenters. The van der Waals surface area contributed by atoms with Crippen LogP contribution in [0.4, 0.5) is 0 Å². The zero-order chi connectivity index (χ0) is 9.94. The Balaban J connectivity index is 3.41. The fraction of sp³-hybridized carbons (Fsp3) is 1.00. The Morgan fingerprint density at radius 3 is 2.31 bits per heavy atom. The maximum atomic E-state index is 8.86. The smallest absolute Gasteiger partial charge is 0.0433 e. The van der Waals surface area contributed by atoms with Crippen LogP contribution in [0.3, 0.4) is 0 Å². The summed E-state index contributed by atoms with van der Waals surface area (Å²) in [6.45, 7) is 3.35. The van der Waals surface area contributed by atoms with E-state index in [4.69, 9.17) is 10.8 Å². The minimum absolute atomic E-state index is 0.335. The first-order valence-corrected chi connectivity index (χ1v) is 5.66. The van der Waals surface area contributed by atoms with E-state index in [0.29, 0.717) is 12.5 Å². The highest BCUT2D eigenvalue weighted by atomic mass is 16.3. The molecule has 0 aromatic carbocycles. The largest absolute Gasteiger partial charge is 0.396 e. The van der Waals surface area contributed by atoms with Gasteiger partial charge in [0.25, 0.3) is 0 Å². The van der Waals surface area contributed by atoms with Crippen molar-refractivity contribution < 1.29 is 5.11 Å². The number of aliphatic hydroxyl groups excluding tert-OH is 1. The molecule has 0 aromatic rings. The van der Waals surface area contributed by atoms with Crippen LogP contribution in [0.25, 0.3) is 0 Å². The fourth-order valence-corrected chi connectivity index (χ4v) is 1.71. The number of rotatable bonds is 9. The van der Waals surface area contributed by atoms with Gasteiger partial charge in [-0.15, -0.1) is 0 Å². The van der Waals surface area contributed by atoms with Crippen LogP contribution in [0.2, 0.25) is 0 Å². The summed E-state index contributed by atoms with van der Waals surface area (Å²) in [6, 6.07) is 0. The highest BCUT2D eigenvalue weighted by Gasteiger charge is 2.06. The predicted molar refractivity (Wildman–Crippen MR) is 57.6 cm³/mol. The van der Waals surface area contributed by atoms with E-state index in [1.807, 2.05) is 0 Å². The van der Waals surface area contributed by atoms with Gasteiger partial charge in [0.2, 0.25) is 0 Å². The third kappa shape index (κ3) is 8.26. The molecular formula is C11H25NO. The molecule has 0 saturated heterocycles. The van der Waals surface area contributed by atoms with E-state index in [1.165, 1.54) is 32.1 Å². The van der Waals surface area contributed by atoms with Crippen molar-refractivity contribution in [2.24, 2.45) is 11.7 Å². The number of nitrogens with two attached hydrogens (primary N) is 1. The standard InChI is InChI=1S/C11H25NO/c1-2-3-4-6-11(8-10-13)7-5-9-12/h11,13H,2-10,12H2,1H3. The van der Waals surface area contributed by atoms with Crippen LogP contribution >= 0.6 is 0 Å². The average molecular weight is 187 g/mol. The van der Waals surface area contributed by atoms with Crippen LogP contribution in [-0.4, -0.2) is 18.3 Å². The summed E-state index contributed by atoms with van der Waals surface area (Å²) in [4.78, 5) is 0. The number of aliphatic hydroxyl groups is 1. The summed E-state index contributed by atoms with van der Waals surface area (Å²) < 4.78 is 0. The van der Waals surface area contributed by atoms with Crippen LogP contribution in [0.15, 0.2) is 0 Å². The fourth-order valence-electron chi connectivity index (χ4n) is 1.71. The molecule has 0 aromatic heterocycles. The summed E-state index contributed by atoms with van der Waals surface area (Å²) in [6.07, 6.45) is 8.45. The Kier molecular flexibility index (Phi) is 9.94. The molecule has 0 aliphatic heterocycles. The van der Waals surface area contributed by atoms with Crippen LogP contribution in [0.1, 0.15) is 51.9 Å². The lowest BCUT2D eigenvalue weighted by atomic mass is 9.93. The third-order valence-electron chi connectivity index (χ3n) is 2.57. The maximum absolute atomic E-state index is 8.86. The van der Waals surface area contributed by atoms with E-state index in [9.17, 15) is 0 Å². The van der Waals surface area contributed by atoms with Crippen LogP contribution in [-0.2, 0) is 0 Å². The highest BCUT2D eigenvalue weighted by Crippen LogP contribution is 2.18. The van der Waals surface area contributed by atoms with E-state index in [1.54, 1.807) is 0 Å². The Morgan fingerprint density at radius 1 is 1.08 bits per heavy atom. The second kappa shape index (κ2) is 10.0. The Morgan fingerprint density at radius 2 is 1.77 bits per heavy atom. The Bertz CT molecular complexity index is 96.1. The zero-order valence-electron chi connectivity index (χ0n) is 8.97. The summed E-state index contributed by atoms with van der Waals surface area (Å²) in [5.41, 5.74) is 5.47. The van der Waals surface area contributed by atoms with Crippen LogP contribution < -0.4 is 5.73 Å². The highest BCUT2D eigenvalue weighted by molar-refractivity contribution is 4.60. The van der Waals surface area contributed by atoms with Crippen LogP contribution in [0, 0.1) is 5.92 Å². The van der Waals surface area contributed by atoms with Gasteiger partial charge < -0.3 is 10.8 Å². The lowest BCUT2D eigenvalue weighted by molar-refractivity contribution is 0.243. The van der Waals surface area contributed by atoms with Crippen molar-refractivity contribution in [1.29, 1.82) is 0 Å². The van der Waals surface area contributed by atoms with E-state index in [2.05, 4.69) is 6.92 Å². The van der Waals surface area contributed by atoms with Crippen molar-refractivity contribution in [3.05, 3.63) is 0 Å². The lowest BCUT2D eigenvalue weighted by Gasteiger charge is -2.14. The van der Waals surface area contributed by atoms with Gasteiger partial charge in [-0.1, -0.05) is 32.6 Å². The first-order chi connectivity index (χ1) is 6.35. The van der Waals surface area contributed by atoms with Gasteiger partial charge in [0.1, 0.15) is 0 Å². The monoisotopic (exact) mass is 187 g/mol. The second-order valence-electron chi connectivity index (χ2n) is 3.80. The predicted octanol–water partition coefficient (Wildman–Crippen LogP) is 2.30. The summed E-state index contributed by atoms with van der Waals surface area (Å²) in [5.74, 6) is 0.708. The molecule has 0 fully saturated rings. The molecule has 0 rings (SSSR count). The quantitative estimate of drug-likeness (QED) is 0.544. The number of unbranched alkanes of at least 4 members (excludes halogenated alkanes) is 2. The third-order valence-corrected chi connectivity index (χ3v) is 2.57. The van der Waals surface area contributed by atoms with Crippen LogP contribution in [0.5, 0.6) is 0 Å². The van der Waals surface area contributed by atoms with Gasteiger partial charge in [-0.3, -0.25) is 0 Å². The number of hydrogen-bond donors (Lipinski definition) is 2. The molecule has 0 bridgehead atoms. The van der Waals surface area contributed by atoms with E-state index in [-0.39, 0.29) is 0 Å². The topological polar surface area (TPSA) is 46.2 Å². The van der Waals surface area contributed by atoms with Gasteiger partial charge in [0.15, 0.2) is 0 Å². The normalized spacial score (nSPS) is 13.2. The Labute approximate surface area is 82.5 Å². The molecule has 0 aliphatic rings. The van der Waals surface area contributed by atoms with Crippen molar-refractivity contribution in [1.82, 2.24) is 0 Å². The van der Waals surface area contributed by atoms with Gasteiger partial charge >= 0.3 is 0 Å². The van der Waals surface area contributed by atoms with Crippen molar-refractivity contribution >= 4 is 0 Å². The molecule has 0 saturated carbocycles. The Hall–Kier alpha value is -0.0800. The van der Waals surface area contributed by atoms with Crippen molar-refractivity contribution in [3.63, 3.8) is 0 Å². The molecule has 2 nitrogen and oxygen atoms in total. The van der Waals surface area contributed by atoms with Crippen molar-refractivity contribution in [2.45, 2.75) is 51.9 Å². The molecule has 2 heteroatoms. The SMILES string of the molecule is CCCCCC(CCO)CCCN. The molecule has 0 amide bonds. The summed E-state index contributed by atoms with van der Waals surface area (Å²) in [5, 5.41) is 8.86. The molecule has 80 valence electrons.